The molecule has 1 N–H and O–H groups in total. The number of anilines is 1. The number of nitrogens with one attached hydrogen (secondary N) is 1. The van der Waals surface area contributed by atoms with Gasteiger partial charge in [-0.05, 0) is 42.8 Å². The minimum absolute atomic E-state index is 0.217. The molecule has 2 rings (SSSR count). The van der Waals surface area contributed by atoms with E-state index in [4.69, 9.17) is 14.2 Å². The Bertz CT molecular complexity index is 791. The summed E-state index contributed by atoms with van der Waals surface area (Å²) in [4.78, 5) is 23.9. The topological polar surface area (TPSA) is 73.9 Å². The van der Waals surface area contributed by atoms with Crippen molar-refractivity contribution in [1.82, 2.24) is 0 Å². The highest BCUT2D eigenvalue weighted by atomic mass is 79.9. The van der Waals surface area contributed by atoms with E-state index in [9.17, 15) is 9.59 Å². The number of hydrogen-bond acceptors (Lipinski definition) is 5. The molecule has 0 heterocycles. The second-order valence-electron chi connectivity index (χ2n) is 5.15. The largest absolute Gasteiger partial charge is 0.497 e. The van der Waals surface area contributed by atoms with Gasteiger partial charge in [-0.1, -0.05) is 15.9 Å². The van der Waals surface area contributed by atoms with E-state index in [1.165, 1.54) is 26.4 Å². The number of halogens is 1. The normalized spacial score (nSPS) is 10.1. The Morgan fingerprint density at radius 3 is 2.52 bits per heavy atom. The van der Waals surface area contributed by atoms with Gasteiger partial charge in [0.25, 0.3) is 5.91 Å². The van der Waals surface area contributed by atoms with E-state index in [0.717, 1.165) is 10.0 Å². The number of amides is 1. The molecule has 0 spiro atoms. The third-order valence-electron chi connectivity index (χ3n) is 3.42. The van der Waals surface area contributed by atoms with Crippen molar-refractivity contribution in [2.75, 3.05) is 26.1 Å². The monoisotopic (exact) mass is 407 g/mol. The standard InChI is InChI=1S/C18H18BrNO5/c1-11-8-12(19)4-7-15(11)20-17(21)10-25-16-9-13(23-2)5-6-14(16)18(22)24-3/h4-9H,10H2,1-3H3,(H,20,21). The van der Waals surface area contributed by atoms with E-state index in [2.05, 4.69) is 21.2 Å². The third-order valence-corrected chi connectivity index (χ3v) is 3.91. The van der Waals surface area contributed by atoms with Gasteiger partial charge in [-0.25, -0.2) is 4.79 Å². The van der Waals surface area contributed by atoms with Crippen LogP contribution >= 0.6 is 15.9 Å². The van der Waals surface area contributed by atoms with Gasteiger partial charge in [0.15, 0.2) is 6.61 Å². The van der Waals surface area contributed by atoms with Crippen LogP contribution in [0, 0.1) is 6.92 Å². The Morgan fingerprint density at radius 2 is 1.88 bits per heavy atom. The van der Waals surface area contributed by atoms with Gasteiger partial charge in [0.05, 0.1) is 14.2 Å². The molecule has 0 aromatic heterocycles. The molecule has 1 amide bonds. The number of methoxy groups -OCH3 is 2. The summed E-state index contributed by atoms with van der Waals surface area (Å²) in [7, 11) is 2.78. The fourth-order valence-electron chi connectivity index (χ4n) is 2.12. The summed E-state index contributed by atoms with van der Waals surface area (Å²) in [6, 6.07) is 10.2. The molecule has 132 valence electrons. The first-order chi connectivity index (χ1) is 11.9. The van der Waals surface area contributed by atoms with Crippen molar-refractivity contribution < 1.29 is 23.8 Å². The number of carbonyl (C=O) groups excluding carboxylic acids is 2. The zero-order valence-corrected chi connectivity index (χ0v) is 15.7. The van der Waals surface area contributed by atoms with Crippen LogP contribution in [-0.2, 0) is 9.53 Å². The van der Waals surface area contributed by atoms with E-state index >= 15 is 0 Å². The number of esters is 1. The first-order valence-electron chi connectivity index (χ1n) is 7.39. The fraction of sp³-hybridized carbons (Fsp3) is 0.222. The molecule has 2 aromatic carbocycles. The van der Waals surface area contributed by atoms with Gasteiger partial charge in [-0.3, -0.25) is 4.79 Å². The van der Waals surface area contributed by atoms with Gasteiger partial charge in [0.2, 0.25) is 0 Å². The predicted octanol–water partition coefficient (Wildman–Crippen LogP) is 3.57. The lowest BCUT2D eigenvalue weighted by Gasteiger charge is -2.13. The number of aryl methyl sites for hydroxylation is 1. The Labute approximate surface area is 154 Å². The average Bonchev–Trinajstić information content (AvgIpc) is 2.61. The van der Waals surface area contributed by atoms with Gasteiger partial charge in [-0.2, -0.15) is 0 Å². The van der Waals surface area contributed by atoms with Crippen LogP contribution in [0.2, 0.25) is 0 Å². The third kappa shape index (κ3) is 4.96. The maximum Gasteiger partial charge on any atom is 0.341 e. The molecule has 0 bridgehead atoms. The highest BCUT2D eigenvalue weighted by Gasteiger charge is 2.15. The van der Waals surface area contributed by atoms with Crippen LogP contribution in [0.3, 0.4) is 0 Å². The predicted molar refractivity (Wildman–Crippen MR) is 97.3 cm³/mol. The molecule has 0 aliphatic rings. The highest BCUT2D eigenvalue weighted by molar-refractivity contribution is 9.10. The molecule has 25 heavy (non-hydrogen) atoms. The van der Waals surface area contributed by atoms with Crippen LogP contribution in [0.15, 0.2) is 40.9 Å². The van der Waals surface area contributed by atoms with Crippen LogP contribution in [0.25, 0.3) is 0 Å². The molecule has 2 aromatic rings. The van der Waals surface area contributed by atoms with Gasteiger partial charge >= 0.3 is 5.97 Å². The first kappa shape index (κ1) is 18.8. The van der Waals surface area contributed by atoms with Crippen LogP contribution in [0.4, 0.5) is 5.69 Å². The Morgan fingerprint density at radius 1 is 1.12 bits per heavy atom. The summed E-state index contributed by atoms with van der Waals surface area (Å²) in [6.45, 7) is 1.63. The zero-order chi connectivity index (χ0) is 18.4. The number of hydrogen-bond donors (Lipinski definition) is 1. The van der Waals surface area contributed by atoms with E-state index in [-0.39, 0.29) is 23.8 Å². The molecule has 0 saturated carbocycles. The summed E-state index contributed by atoms with van der Waals surface area (Å²) in [5.41, 5.74) is 1.82. The molecular formula is C18H18BrNO5. The summed E-state index contributed by atoms with van der Waals surface area (Å²) in [6.07, 6.45) is 0. The summed E-state index contributed by atoms with van der Waals surface area (Å²) < 4.78 is 16.3. The molecule has 0 atom stereocenters. The number of benzene rings is 2. The fourth-order valence-corrected chi connectivity index (χ4v) is 2.60. The lowest BCUT2D eigenvalue weighted by Crippen LogP contribution is -2.21. The SMILES string of the molecule is COC(=O)c1ccc(OC)cc1OCC(=O)Nc1ccc(Br)cc1C. The minimum atomic E-state index is -0.554. The molecule has 6 nitrogen and oxygen atoms in total. The van der Waals surface area contributed by atoms with Crippen molar-refractivity contribution in [1.29, 1.82) is 0 Å². The van der Waals surface area contributed by atoms with Crippen molar-refractivity contribution in [2.45, 2.75) is 6.92 Å². The Hall–Kier alpha value is -2.54. The highest BCUT2D eigenvalue weighted by Crippen LogP contribution is 2.26. The smallest absolute Gasteiger partial charge is 0.341 e. The van der Waals surface area contributed by atoms with E-state index in [1.807, 2.05) is 19.1 Å². The van der Waals surface area contributed by atoms with Gasteiger partial charge in [0.1, 0.15) is 17.1 Å². The number of carbonyl (C=O) groups is 2. The van der Waals surface area contributed by atoms with Crippen LogP contribution in [0.5, 0.6) is 11.5 Å². The maximum absolute atomic E-state index is 12.1. The van der Waals surface area contributed by atoms with E-state index in [1.54, 1.807) is 12.1 Å². The van der Waals surface area contributed by atoms with Crippen molar-refractivity contribution >= 4 is 33.5 Å². The molecule has 0 unspecified atom stereocenters. The second-order valence-corrected chi connectivity index (χ2v) is 6.07. The Kier molecular flexibility index (Phi) is 6.41. The molecule has 0 saturated heterocycles. The lowest BCUT2D eigenvalue weighted by molar-refractivity contribution is -0.118. The van der Waals surface area contributed by atoms with Crippen LogP contribution < -0.4 is 14.8 Å². The second kappa shape index (κ2) is 8.53. The summed E-state index contributed by atoms with van der Waals surface area (Å²) >= 11 is 3.37. The molecule has 0 aliphatic heterocycles. The van der Waals surface area contributed by atoms with E-state index < -0.39 is 5.97 Å². The molecule has 0 aliphatic carbocycles. The average molecular weight is 408 g/mol. The van der Waals surface area contributed by atoms with Gasteiger partial charge in [0, 0.05) is 16.2 Å². The number of rotatable bonds is 6. The zero-order valence-electron chi connectivity index (χ0n) is 14.1. The van der Waals surface area contributed by atoms with Crippen molar-refractivity contribution in [2.24, 2.45) is 0 Å². The minimum Gasteiger partial charge on any atom is -0.497 e. The number of ether oxygens (including phenoxy) is 3. The van der Waals surface area contributed by atoms with Crippen molar-refractivity contribution in [3.8, 4) is 11.5 Å². The quantitative estimate of drug-likeness (QED) is 0.740. The Balaban J connectivity index is 2.09. The molecule has 0 fully saturated rings. The van der Waals surface area contributed by atoms with Gasteiger partial charge < -0.3 is 19.5 Å². The van der Waals surface area contributed by atoms with Gasteiger partial charge in [-0.15, -0.1) is 0 Å². The summed E-state index contributed by atoms with van der Waals surface area (Å²) in [5, 5.41) is 2.77. The van der Waals surface area contributed by atoms with Crippen molar-refractivity contribution in [3.63, 3.8) is 0 Å². The van der Waals surface area contributed by atoms with Crippen LogP contribution in [-0.4, -0.2) is 32.7 Å². The maximum atomic E-state index is 12.1. The first-order valence-corrected chi connectivity index (χ1v) is 8.19. The van der Waals surface area contributed by atoms with E-state index in [0.29, 0.717) is 11.4 Å². The summed E-state index contributed by atoms with van der Waals surface area (Å²) in [5.74, 6) is -0.174. The lowest BCUT2D eigenvalue weighted by atomic mass is 10.2. The van der Waals surface area contributed by atoms with Crippen LogP contribution in [0.1, 0.15) is 15.9 Å². The van der Waals surface area contributed by atoms with Crippen molar-refractivity contribution in [3.05, 3.63) is 52.0 Å². The molecule has 7 heteroatoms. The molecular weight excluding hydrogens is 390 g/mol. The molecule has 0 radical (unpaired) electrons.